The van der Waals surface area contributed by atoms with Gasteiger partial charge in [0.05, 0.1) is 17.8 Å². The molecule has 0 radical (unpaired) electrons. The van der Waals surface area contributed by atoms with E-state index in [2.05, 4.69) is 5.32 Å². The zero-order valence-corrected chi connectivity index (χ0v) is 9.46. The van der Waals surface area contributed by atoms with Crippen LogP contribution in [0.15, 0.2) is 24.3 Å². The molecule has 0 spiro atoms. The molecule has 0 aliphatic carbocycles. The first-order chi connectivity index (χ1) is 8.49. The number of rotatable bonds is 6. The van der Waals surface area contributed by atoms with E-state index < -0.39 is 10.9 Å². The molecule has 0 saturated carbocycles. The Kier molecular flexibility index (Phi) is 4.79. The summed E-state index contributed by atoms with van der Waals surface area (Å²) in [7, 11) is 0. The minimum atomic E-state index is -0.995. The maximum atomic E-state index is 11.4. The van der Waals surface area contributed by atoms with Crippen molar-refractivity contribution in [3.05, 3.63) is 39.9 Å². The molecule has 7 heteroatoms. The highest BCUT2D eigenvalue weighted by Gasteiger charge is 2.09. The van der Waals surface area contributed by atoms with Crippen LogP contribution in [-0.4, -0.2) is 28.5 Å². The molecule has 7 nitrogen and oxygen atoms in total. The molecule has 0 fully saturated rings. The van der Waals surface area contributed by atoms with Crippen molar-refractivity contribution in [1.82, 2.24) is 5.32 Å². The fourth-order valence-electron chi connectivity index (χ4n) is 1.34. The van der Waals surface area contributed by atoms with Crippen LogP contribution in [0, 0.1) is 10.1 Å². The van der Waals surface area contributed by atoms with Gasteiger partial charge in [-0.05, 0) is 5.56 Å². The minimum Gasteiger partial charge on any atom is -0.481 e. The number of nitro benzene ring substituents is 1. The van der Waals surface area contributed by atoms with Gasteiger partial charge in [-0.25, -0.2) is 0 Å². The van der Waals surface area contributed by atoms with Gasteiger partial charge in [-0.15, -0.1) is 0 Å². The molecule has 2 N–H and O–H groups in total. The minimum absolute atomic E-state index is 0.0126. The van der Waals surface area contributed by atoms with Crippen molar-refractivity contribution in [3.8, 4) is 0 Å². The summed E-state index contributed by atoms with van der Waals surface area (Å²) < 4.78 is 0. The fraction of sp³-hybridized carbons (Fsp3) is 0.273. The van der Waals surface area contributed by atoms with Crippen molar-refractivity contribution < 1.29 is 19.6 Å². The van der Waals surface area contributed by atoms with Crippen LogP contribution in [0.5, 0.6) is 0 Å². The van der Waals surface area contributed by atoms with Gasteiger partial charge in [0.15, 0.2) is 0 Å². The number of benzene rings is 1. The smallest absolute Gasteiger partial charge is 0.305 e. The zero-order valence-electron chi connectivity index (χ0n) is 9.46. The molecule has 0 aliphatic heterocycles. The summed E-state index contributed by atoms with van der Waals surface area (Å²) in [5.41, 5.74) is 0.433. The van der Waals surface area contributed by atoms with Crippen molar-refractivity contribution in [3.63, 3.8) is 0 Å². The van der Waals surface area contributed by atoms with Crippen LogP contribution in [0.1, 0.15) is 12.0 Å². The number of carboxylic acids is 1. The lowest BCUT2D eigenvalue weighted by molar-refractivity contribution is -0.384. The van der Waals surface area contributed by atoms with E-state index in [1.165, 1.54) is 18.2 Å². The van der Waals surface area contributed by atoms with E-state index in [9.17, 15) is 19.7 Å². The highest BCUT2D eigenvalue weighted by Crippen LogP contribution is 2.13. The van der Waals surface area contributed by atoms with E-state index in [4.69, 9.17) is 5.11 Å². The Morgan fingerprint density at radius 1 is 1.39 bits per heavy atom. The van der Waals surface area contributed by atoms with E-state index in [-0.39, 0.29) is 31.0 Å². The van der Waals surface area contributed by atoms with Gasteiger partial charge >= 0.3 is 5.97 Å². The maximum absolute atomic E-state index is 11.4. The average Bonchev–Trinajstić information content (AvgIpc) is 2.28. The van der Waals surface area contributed by atoms with Gasteiger partial charge in [-0.3, -0.25) is 19.7 Å². The Balaban J connectivity index is 2.51. The SMILES string of the molecule is O=C(O)CCNC(=O)Cc1cccc([N+](=O)[O-])c1. The Morgan fingerprint density at radius 2 is 2.11 bits per heavy atom. The lowest BCUT2D eigenvalue weighted by atomic mass is 10.1. The molecule has 1 aromatic rings. The van der Waals surface area contributed by atoms with Gasteiger partial charge in [0, 0.05) is 18.7 Å². The Morgan fingerprint density at radius 3 is 2.72 bits per heavy atom. The van der Waals surface area contributed by atoms with Crippen molar-refractivity contribution >= 4 is 17.6 Å². The molecule has 0 saturated heterocycles. The molecule has 1 rings (SSSR count). The summed E-state index contributed by atoms with van der Waals surface area (Å²) in [5, 5.41) is 21.3. The van der Waals surface area contributed by atoms with Crippen LogP contribution >= 0.6 is 0 Å². The van der Waals surface area contributed by atoms with Gasteiger partial charge in [0.2, 0.25) is 5.91 Å². The number of hydrogen-bond donors (Lipinski definition) is 2. The normalized spacial score (nSPS) is 9.78. The highest BCUT2D eigenvalue weighted by atomic mass is 16.6. The molecule has 0 heterocycles. The second-order valence-electron chi connectivity index (χ2n) is 3.60. The molecule has 18 heavy (non-hydrogen) atoms. The second kappa shape index (κ2) is 6.33. The molecule has 0 atom stereocenters. The average molecular weight is 252 g/mol. The number of non-ortho nitro benzene ring substituents is 1. The maximum Gasteiger partial charge on any atom is 0.305 e. The molecular weight excluding hydrogens is 240 g/mol. The van der Waals surface area contributed by atoms with Crippen molar-refractivity contribution in [2.24, 2.45) is 0 Å². The summed E-state index contributed by atoms with van der Waals surface area (Å²) in [6.07, 6.45) is -0.165. The fourth-order valence-corrected chi connectivity index (χ4v) is 1.34. The van der Waals surface area contributed by atoms with E-state index in [0.717, 1.165) is 0 Å². The summed E-state index contributed by atoms with van der Waals surface area (Å²) >= 11 is 0. The Bertz CT molecular complexity index is 472. The molecule has 0 unspecified atom stereocenters. The number of nitrogens with zero attached hydrogens (tertiary/aromatic N) is 1. The Hall–Kier alpha value is -2.44. The third kappa shape index (κ3) is 4.60. The number of hydrogen-bond acceptors (Lipinski definition) is 4. The largest absolute Gasteiger partial charge is 0.481 e. The summed E-state index contributed by atoms with van der Waals surface area (Å²) in [4.78, 5) is 31.6. The third-order valence-electron chi connectivity index (χ3n) is 2.15. The van der Waals surface area contributed by atoms with Crippen molar-refractivity contribution in [1.29, 1.82) is 0 Å². The number of aliphatic carboxylic acids is 1. The second-order valence-corrected chi connectivity index (χ2v) is 3.60. The lowest BCUT2D eigenvalue weighted by Gasteiger charge is -2.03. The van der Waals surface area contributed by atoms with Crippen LogP contribution < -0.4 is 5.32 Å². The highest BCUT2D eigenvalue weighted by molar-refractivity contribution is 5.79. The zero-order chi connectivity index (χ0) is 13.5. The predicted octanol–water partition coefficient (Wildman–Crippen LogP) is 0.728. The van der Waals surface area contributed by atoms with Gasteiger partial charge in [0.25, 0.3) is 5.69 Å². The van der Waals surface area contributed by atoms with Gasteiger partial charge in [0.1, 0.15) is 0 Å². The molecule has 0 bridgehead atoms. The summed E-state index contributed by atoms with van der Waals surface area (Å²) in [6.45, 7) is 0.0447. The number of carbonyl (C=O) groups is 2. The van der Waals surface area contributed by atoms with E-state index >= 15 is 0 Å². The van der Waals surface area contributed by atoms with Crippen molar-refractivity contribution in [2.45, 2.75) is 12.8 Å². The van der Waals surface area contributed by atoms with Gasteiger partial charge in [-0.1, -0.05) is 12.1 Å². The van der Waals surface area contributed by atoms with Crippen LogP contribution in [0.3, 0.4) is 0 Å². The number of carbonyl (C=O) groups excluding carboxylic acids is 1. The quantitative estimate of drug-likeness (QED) is 0.572. The number of nitro groups is 1. The summed E-state index contributed by atoms with van der Waals surface area (Å²) in [5.74, 6) is -1.36. The summed E-state index contributed by atoms with van der Waals surface area (Å²) in [6, 6.07) is 5.75. The molecule has 0 aromatic heterocycles. The number of carboxylic acid groups (broad SMARTS) is 1. The number of nitrogens with one attached hydrogen (secondary N) is 1. The molecular formula is C11H12N2O5. The molecule has 0 aliphatic rings. The lowest BCUT2D eigenvalue weighted by Crippen LogP contribution is -2.27. The Labute approximate surface area is 103 Å². The van der Waals surface area contributed by atoms with Gasteiger partial charge in [-0.2, -0.15) is 0 Å². The van der Waals surface area contributed by atoms with Crippen LogP contribution in [0.25, 0.3) is 0 Å². The van der Waals surface area contributed by atoms with E-state index in [1.807, 2.05) is 0 Å². The standard InChI is InChI=1S/C11H12N2O5/c14-10(12-5-4-11(15)16)7-8-2-1-3-9(6-8)13(17)18/h1-3,6H,4-5,7H2,(H,12,14)(H,15,16). The van der Waals surface area contributed by atoms with Crippen LogP contribution in [0.4, 0.5) is 5.69 Å². The molecule has 96 valence electrons. The first-order valence-electron chi connectivity index (χ1n) is 5.21. The monoisotopic (exact) mass is 252 g/mol. The predicted molar refractivity (Wildman–Crippen MR) is 62.1 cm³/mol. The van der Waals surface area contributed by atoms with E-state index in [0.29, 0.717) is 5.56 Å². The third-order valence-corrected chi connectivity index (χ3v) is 2.15. The van der Waals surface area contributed by atoms with Crippen molar-refractivity contribution in [2.75, 3.05) is 6.54 Å². The first kappa shape index (κ1) is 13.6. The van der Waals surface area contributed by atoms with E-state index in [1.54, 1.807) is 6.07 Å². The van der Waals surface area contributed by atoms with Crippen LogP contribution in [-0.2, 0) is 16.0 Å². The number of amides is 1. The topological polar surface area (TPSA) is 110 Å². The first-order valence-corrected chi connectivity index (χ1v) is 5.21. The molecule has 1 amide bonds. The van der Waals surface area contributed by atoms with Crippen LogP contribution in [0.2, 0.25) is 0 Å². The molecule has 1 aromatic carbocycles. The van der Waals surface area contributed by atoms with Gasteiger partial charge < -0.3 is 10.4 Å².